The van der Waals surface area contributed by atoms with E-state index in [2.05, 4.69) is 62.3 Å². The maximum absolute atomic E-state index is 14.5. The van der Waals surface area contributed by atoms with Crippen LogP contribution in [0.25, 0.3) is 11.1 Å². The minimum atomic E-state index is -0.382. The first-order valence-corrected chi connectivity index (χ1v) is 15.2. The minimum Gasteiger partial charge on any atom is -0.489 e. The van der Waals surface area contributed by atoms with Gasteiger partial charge in [0.1, 0.15) is 18.2 Å². The van der Waals surface area contributed by atoms with E-state index in [4.69, 9.17) is 9.26 Å². The standard InChI is InChI=1S/C31H40FN2O2P/c1-5-36-37(6-2)21-30(24-11-12-24)25-8-7-9-27(17-25)35-20-23-10-13-28(26(16-23)18-34-22(3)4)29-14-15-33-19-31(29)32/h7-10,13-17,19,22,24,30,34H,5-6,11-12,18,20-21H2,1-4H3. The molecule has 1 aliphatic carbocycles. The van der Waals surface area contributed by atoms with E-state index in [9.17, 15) is 4.39 Å². The molecule has 4 nitrogen and oxygen atoms in total. The van der Waals surface area contributed by atoms with Crippen LogP contribution in [0.1, 0.15) is 63.1 Å². The van der Waals surface area contributed by atoms with Crippen LogP contribution in [0.15, 0.2) is 60.9 Å². The Kier molecular flexibility index (Phi) is 10.1. The Bertz CT molecular complexity index is 1150. The van der Waals surface area contributed by atoms with Crippen LogP contribution in [0.5, 0.6) is 5.75 Å². The quantitative estimate of drug-likeness (QED) is 0.219. The Morgan fingerprint density at radius 3 is 2.62 bits per heavy atom. The highest BCUT2D eigenvalue weighted by atomic mass is 31.1. The van der Waals surface area contributed by atoms with Gasteiger partial charge in [-0.1, -0.05) is 51.1 Å². The number of hydrogen-bond acceptors (Lipinski definition) is 4. The molecule has 1 aromatic heterocycles. The fraction of sp³-hybridized carbons (Fsp3) is 0.452. The van der Waals surface area contributed by atoms with E-state index in [1.54, 1.807) is 12.3 Å². The van der Waals surface area contributed by atoms with Crippen LogP contribution in [-0.4, -0.2) is 30.0 Å². The number of nitrogens with zero attached hydrogens (tertiary/aromatic N) is 1. The van der Waals surface area contributed by atoms with Gasteiger partial charge in [0.15, 0.2) is 0 Å². The van der Waals surface area contributed by atoms with Crippen molar-refractivity contribution in [3.63, 3.8) is 0 Å². The van der Waals surface area contributed by atoms with Crippen molar-refractivity contribution in [1.82, 2.24) is 10.3 Å². The molecular weight excluding hydrogens is 482 g/mol. The smallest absolute Gasteiger partial charge is 0.149 e. The van der Waals surface area contributed by atoms with Gasteiger partial charge in [-0.05, 0) is 84.4 Å². The molecule has 1 aliphatic rings. The summed E-state index contributed by atoms with van der Waals surface area (Å²) >= 11 is 0. The monoisotopic (exact) mass is 522 g/mol. The summed E-state index contributed by atoms with van der Waals surface area (Å²) in [5.41, 5.74) is 4.93. The minimum absolute atomic E-state index is 0.310. The third-order valence-corrected chi connectivity index (χ3v) is 9.01. The van der Waals surface area contributed by atoms with Gasteiger partial charge in [0.25, 0.3) is 0 Å². The number of rotatable bonds is 14. The second-order valence-electron chi connectivity index (χ2n) is 10.1. The number of benzene rings is 2. The van der Waals surface area contributed by atoms with E-state index in [-0.39, 0.29) is 14.0 Å². The molecular formula is C31H40FN2O2P. The third kappa shape index (κ3) is 7.83. The molecule has 37 heavy (non-hydrogen) atoms. The van der Waals surface area contributed by atoms with Gasteiger partial charge >= 0.3 is 0 Å². The van der Waals surface area contributed by atoms with Crippen LogP contribution in [-0.2, 0) is 17.7 Å². The van der Waals surface area contributed by atoms with Gasteiger partial charge in [-0.2, -0.15) is 0 Å². The Balaban J connectivity index is 1.50. The second-order valence-corrected chi connectivity index (χ2v) is 12.3. The lowest BCUT2D eigenvalue weighted by atomic mass is 9.96. The van der Waals surface area contributed by atoms with Crippen molar-refractivity contribution < 1.29 is 13.7 Å². The van der Waals surface area contributed by atoms with E-state index in [0.717, 1.165) is 47.3 Å². The number of pyridine rings is 1. The molecule has 0 saturated heterocycles. The number of hydrogen-bond donors (Lipinski definition) is 1. The highest BCUT2D eigenvalue weighted by Crippen LogP contribution is 2.50. The first-order valence-electron chi connectivity index (χ1n) is 13.5. The largest absolute Gasteiger partial charge is 0.489 e. The molecule has 2 unspecified atom stereocenters. The highest BCUT2D eigenvalue weighted by Gasteiger charge is 2.34. The molecule has 6 heteroatoms. The van der Waals surface area contributed by atoms with E-state index in [1.165, 1.54) is 24.6 Å². The summed E-state index contributed by atoms with van der Waals surface area (Å²) in [5, 5.41) is 3.47. The van der Waals surface area contributed by atoms with Crippen LogP contribution in [0.2, 0.25) is 0 Å². The zero-order valence-electron chi connectivity index (χ0n) is 22.5. The fourth-order valence-corrected chi connectivity index (χ4v) is 6.61. The Labute approximate surface area is 222 Å². The van der Waals surface area contributed by atoms with Gasteiger partial charge in [0.2, 0.25) is 0 Å². The molecule has 0 aliphatic heterocycles. The number of halogens is 1. The highest BCUT2D eigenvalue weighted by molar-refractivity contribution is 7.52. The zero-order chi connectivity index (χ0) is 26.2. The van der Waals surface area contributed by atoms with Crippen molar-refractivity contribution in [3.05, 3.63) is 83.4 Å². The van der Waals surface area contributed by atoms with Crippen molar-refractivity contribution in [2.75, 3.05) is 18.9 Å². The lowest BCUT2D eigenvalue weighted by molar-refractivity contribution is 0.305. The average molecular weight is 523 g/mol. The first-order chi connectivity index (χ1) is 18.0. The SMILES string of the molecule is CCOP(CC)CC(c1cccc(OCc2ccc(-c3ccncc3F)c(CNC(C)C)c2)c1)C1CC1. The van der Waals surface area contributed by atoms with E-state index >= 15 is 0 Å². The average Bonchev–Trinajstić information content (AvgIpc) is 3.75. The molecule has 198 valence electrons. The number of ether oxygens (including phenoxy) is 1. The molecule has 1 saturated carbocycles. The molecule has 2 atom stereocenters. The van der Waals surface area contributed by atoms with Crippen molar-refractivity contribution in [2.24, 2.45) is 5.92 Å². The fourth-order valence-electron chi connectivity index (χ4n) is 4.76. The Morgan fingerprint density at radius 1 is 1.08 bits per heavy atom. The van der Waals surface area contributed by atoms with Crippen molar-refractivity contribution in [1.29, 1.82) is 0 Å². The van der Waals surface area contributed by atoms with Crippen molar-refractivity contribution in [2.45, 2.75) is 65.6 Å². The molecule has 4 rings (SSSR count). The second kappa shape index (κ2) is 13.5. The topological polar surface area (TPSA) is 43.4 Å². The maximum Gasteiger partial charge on any atom is 0.149 e. The first kappa shape index (κ1) is 27.7. The van der Waals surface area contributed by atoms with Gasteiger partial charge in [-0.15, -0.1) is 0 Å². The predicted octanol–water partition coefficient (Wildman–Crippen LogP) is 7.91. The van der Waals surface area contributed by atoms with Crippen LogP contribution in [0.3, 0.4) is 0 Å². The van der Waals surface area contributed by atoms with E-state index in [1.807, 2.05) is 18.2 Å². The molecule has 1 fully saturated rings. The van der Waals surface area contributed by atoms with Crippen molar-refractivity contribution in [3.8, 4) is 16.9 Å². The molecule has 0 bridgehead atoms. The summed E-state index contributed by atoms with van der Waals surface area (Å²) in [6, 6.07) is 16.8. The summed E-state index contributed by atoms with van der Waals surface area (Å²) in [7, 11) is -0.382. The van der Waals surface area contributed by atoms with Crippen LogP contribution < -0.4 is 10.1 Å². The summed E-state index contributed by atoms with van der Waals surface area (Å²) in [4.78, 5) is 3.90. The lowest BCUT2D eigenvalue weighted by Gasteiger charge is -2.23. The van der Waals surface area contributed by atoms with Crippen LogP contribution >= 0.6 is 8.15 Å². The molecule has 0 spiro atoms. The zero-order valence-corrected chi connectivity index (χ0v) is 23.4. The van der Waals surface area contributed by atoms with Crippen LogP contribution in [0, 0.1) is 11.7 Å². The summed E-state index contributed by atoms with van der Waals surface area (Å²) in [5.74, 6) is 1.90. The lowest BCUT2D eigenvalue weighted by Crippen LogP contribution is -2.22. The Morgan fingerprint density at radius 2 is 1.92 bits per heavy atom. The molecule has 1 heterocycles. The summed E-state index contributed by atoms with van der Waals surface area (Å²) in [6.45, 7) is 10.5. The number of nitrogens with one attached hydrogen (secondary N) is 1. The van der Waals surface area contributed by atoms with Crippen molar-refractivity contribution >= 4 is 8.15 Å². The van der Waals surface area contributed by atoms with Gasteiger partial charge in [-0.25, -0.2) is 4.39 Å². The summed E-state index contributed by atoms with van der Waals surface area (Å²) in [6.07, 6.45) is 7.77. The van der Waals surface area contributed by atoms with E-state index < -0.39 is 0 Å². The van der Waals surface area contributed by atoms with Gasteiger partial charge in [0, 0.05) is 39.1 Å². The molecule has 0 amide bonds. The van der Waals surface area contributed by atoms with Crippen LogP contribution in [0.4, 0.5) is 4.39 Å². The summed E-state index contributed by atoms with van der Waals surface area (Å²) < 4.78 is 26.9. The Hall–Kier alpha value is -2.33. The molecule has 2 aromatic carbocycles. The number of aromatic nitrogens is 1. The molecule has 0 radical (unpaired) electrons. The molecule has 3 aromatic rings. The third-order valence-electron chi connectivity index (χ3n) is 6.88. The molecule has 1 N–H and O–H groups in total. The normalized spacial score (nSPS) is 15.1. The van der Waals surface area contributed by atoms with E-state index in [0.29, 0.717) is 30.7 Å². The van der Waals surface area contributed by atoms with Gasteiger partial charge in [0.05, 0.1) is 6.20 Å². The predicted molar refractivity (Wildman–Crippen MR) is 152 cm³/mol. The van der Waals surface area contributed by atoms with Gasteiger partial charge in [-0.3, -0.25) is 4.98 Å². The maximum atomic E-state index is 14.5. The van der Waals surface area contributed by atoms with Gasteiger partial charge < -0.3 is 14.6 Å².